The molecule has 2 heteroatoms. The minimum Gasteiger partial charge on any atom is -0.211 e. The van der Waals surface area contributed by atoms with E-state index in [0.717, 1.165) is 6.42 Å². The van der Waals surface area contributed by atoms with Crippen LogP contribution in [0.5, 0.6) is 0 Å². The normalized spacial score (nSPS) is 13.9. The molecule has 0 aromatic heterocycles. The minimum absolute atomic E-state index is 0.285. The van der Waals surface area contributed by atoms with Crippen LogP contribution in [0.3, 0.4) is 0 Å². The van der Waals surface area contributed by atoms with Gasteiger partial charge in [-0.05, 0) is 23.5 Å². The summed E-state index contributed by atoms with van der Waals surface area (Å²) in [5, 5.41) is 0. The molecular weight excluding hydrogens is 198 g/mol. The summed E-state index contributed by atoms with van der Waals surface area (Å²) >= 11 is 0. The molecule has 1 rings (SSSR count). The van der Waals surface area contributed by atoms with Crippen molar-refractivity contribution in [1.29, 1.82) is 0 Å². The van der Waals surface area contributed by atoms with E-state index >= 15 is 0 Å². The zero-order valence-electron chi connectivity index (χ0n) is 10.2. The third-order valence-corrected chi connectivity index (χ3v) is 3.12. The maximum Gasteiger partial charge on any atom is 0.234 e. The van der Waals surface area contributed by atoms with Crippen LogP contribution in [0.25, 0.3) is 0 Å². The van der Waals surface area contributed by atoms with Crippen molar-refractivity contribution in [3.63, 3.8) is 0 Å². The Morgan fingerprint density at radius 1 is 1.12 bits per heavy atom. The molecule has 0 heterocycles. The van der Waals surface area contributed by atoms with Gasteiger partial charge in [0.25, 0.3) is 0 Å². The number of nitrogens with zero attached hydrogens (tertiary/aromatic N) is 1. The highest BCUT2D eigenvalue weighted by Crippen LogP contribution is 2.22. The molecular formula is C14H19NO. The van der Waals surface area contributed by atoms with Crippen molar-refractivity contribution < 1.29 is 4.79 Å². The second kappa shape index (κ2) is 6.24. The van der Waals surface area contributed by atoms with E-state index in [4.69, 9.17) is 0 Å². The summed E-state index contributed by atoms with van der Waals surface area (Å²) in [7, 11) is 0. The highest BCUT2D eigenvalue weighted by atomic mass is 16.1. The molecule has 1 aromatic rings. The SMILES string of the molecule is CCC(C)c1ccc(C(C)CN=C=O)cc1. The standard InChI is InChI=1S/C14H19NO/c1-4-11(2)13-5-7-14(8-6-13)12(3)9-15-10-16/h5-8,11-12H,4,9H2,1-3H3. The van der Waals surface area contributed by atoms with E-state index in [9.17, 15) is 4.79 Å². The van der Waals surface area contributed by atoms with Gasteiger partial charge in [0.2, 0.25) is 6.08 Å². The second-order valence-corrected chi connectivity index (χ2v) is 4.31. The summed E-state index contributed by atoms with van der Waals surface area (Å²) in [5.41, 5.74) is 2.60. The van der Waals surface area contributed by atoms with E-state index in [1.807, 2.05) is 0 Å². The molecule has 16 heavy (non-hydrogen) atoms. The van der Waals surface area contributed by atoms with Gasteiger partial charge in [-0.15, -0.1) is 0 Å². The van der Waals surface area contributed by atoms with E-state index in [2.05, 4.69) is 50.0 Å². The molecule has 0 aliphatic heterocycles. The Labute approximate surface area is 97.4 Å². The van der Waals surface area contributed by atoms with Crippen LogP contribution >= 0.6 is 0 Å². The van der Waals surface area contributed by atoms with Gasteiger partial charge < -0.3 is 0 Å². The van der Waals surface area contributed by atoms with Crippen LogP contribution in [0.15, 0.2) is 29.3 Å². The average Bonchev–Trinajstić information content (AvgIpc) is 2.35. The molecule has 0 saturated carbocycles. The first-order valence-corrected chi connectivity index (χ1v) is 5.82. The van der Waals surface area contributed by atoms with Gasteiger partial charge in [0.15, 0.2) is 0 Å². The summed E-state index contributed by atoms with van der Waals surface area (Å²) in [6.45, 7) is 7.01. The lowest BCUT2D eigenvalue weighted by Gasteiger charge is -2.12. The van der Waals surface area contributed by atoms with Crippen LogP contribution in [-0.4, -0.2) is 12.6 Å². The van der Waals surface area contributed by atoms with E-state index in [1.165, 1.54) is 11.1 Å². The smallest absolute Gasteiger partial charge is 0.211 e. The number of aliphatic imine (C=N–C) groups is 1. The van der Waals surface area contributed by atoms with Crippen LogP contribution in [0, 0.1) is 0 Å². The number of carbonyl (C=O) groups excluding carboxylic acids is 1. The van der Waals surface area contributed by atoms with Gasteiger partial charge in [-0.1, -0.05) is 45.0 Å². The first-order chi connectivity index (χ1) is 7.69. The van der Waals surface area contributed by atoms with Crippen LogP contribution in [0.2, 0.25) is 0 Å². The number of hydrogen-bond acceptors (Lipinski definition) is 2. The first-order valence-electron chi connectivity index (χ1n) is 5.82. The Balaban J connectivity index is 2.74. The maximum absolute atomic E-state index is 10.0. The molecule has 0 spiro atoms. The first kappa shape index (κ1) is 12.7. The van der Waals surface area contributed by atoms with Crippen LogP contribution in [-0.2, 0) is 4.79 Å². The third kappa shape index (κ3) is 3.32. The largest absolute Gasteiger partial charge is 0.234 e. The number of hydrogen-bond donors (Lipinski definition) is 0. The fourth-order valence-electron chi connectivity index (χ4n) is 1.67. The fraction of sp³-hybridized carbons (Fsp3) is 0.500. The van der Waals surface area contributed by atoms with Crippen molar-refractivity contribution in [3.8, 4) is 0 Å². The highest BCUT2D eigenvalue weighted by Gasteiger charge is 2.06. The Hall–Kier alpha value is -1.40. The van der Waals surface area contributed by atoms with Gasteiger partial charge in [0, 0.05) is 5.92 Å². The van der Waals surface area contributed by atoms with Crippen molar-refractivity contribution in [3.05, 3.63) is 35.4 Å². The summed E-state index contributed by atoms with van der Waals surface area (Å²) < 4.78 is 0. The fourth-order valence-corrected chi connectivity index (χ4v) is 1.67. The molecule has 0 bridgehead atoms. The molecule has 86 valence electrons. The zero-order valence-corrected chi connectivity index (χ0v) is 10.2. The van der Waals surface area contributed by atoms with Crippen molar-refractivity contribution in [1.82, 2.24) is 0 Å². The van der Waals surface area contributed by atoms with Crippen molar-refractivity contribution in [2.24, 2.45) is 4.99 Å². The van der Waals surface area contributed by atoms with Gasteiger partial charge in [-0.3, -0.25) is 0 Å². The quantitative estimate of drug-likeness (QED) is 0.547. The van der Waals surface area contributed by atoms with E-state index in [1.54, 1.807) is 6.08 Å². The molecule has 2 nitrogen and oxygen atoms in total. The van der Waals surface area contributed by atoms with E-state index in [-0.39, 0.29) is 5.92 Å². The second-order valence-electron chi connectivity index (χ2n) is 4.31. The lowest BCUT2D eigenvalue weighted by atomic mass is 9.94. The summed E-state index contributed by atoms with van der Waals surface area (Å²) in [4.78, 5) is 13.6. The Morgan fingerprint density at radius 2 is 1.62 bits per heavy atom. The van der Waals surface area contributed by atoms with E-state index < -0.39 is 0 Å². The topological polar surface area (TPSA) is 29.4 Å². The summed E-state index contributed by atoms with van der Waals surface area (Å²) in [6, 6.07) is 8.61. The number of benzene rings is 1. The summed E-state index contributed by atoms with van der Waals surface area (Å²) in [5.74, 6) is 0.893. The minimum atomic E-state index is 0.285. The van der Waals surface area contributed by atoms with Crippen molar-refractivity contribution in [2.45, 2.75) is 39.0 Å². The highest BCUT2D eigenvalue weighted by molar-refractivity contribution is 5.34. The van der Waals surface area contributed by atoms with Crippen LogP contribution in [0.1, 0.15) is 50.2 Å². The number of rotatable bonds is 5. The molecule has 0 saturated heterocycles. The van der Waals surface area contributed by atoms with E-state index in [0.29, 0.717) is 12.5 Å². The predicted octanol–water partition coefficient (Wildman–Crippen LogP) is 3.64. The molecule has 0 fully saturated rings. The zero-order chi connectivity index (χ0) is 12.0. The molecule has 0 N–H and O–H groups in total. The monoisotopic (exact) mass is 217 g/mol. The Bertz CT molecular complexity index is 363. The van der Waals surface area contributed by atoms with Gasteiger partial charge in [-0.25, -0.2) is 9.79 Å². The third-order valence-electron chi connectivity index (χ3n) is 3.12. The molecule has 0 amide bonds. The molecule has 1 aromatic carbocycles. The molecule has 2 unspecified atom stereocenters. The molecule has 0 radical (unpaired) electrons. The number of isocyanates is 1. The Morgan fingerprint density at radius 3 is 2.06 bits per heavy atom. The summed E-state index contributed by atoms with van der Waals surface area (Å²) in [6.07, 6.45) is 2.74. The molecule has 0 aliphatic carbocycles. The van der Waals surface area contributed by atoms with Crippen LogP contribution in [0.4, 0.5) is 0 Å². The predicted molar refractivity (Wildman–Crippen MR) is 66.6 cm³/mol. The van der Waals surface area contributed by atoms with Gasteiger partial charge in [-0.2, -0.15) is 0 Å². The molecule has 0 aliphatic rings. The van der Waals surface area contributed by atoms with Crippen molar-refractivity contribution in [2.75, 3.05) is 6.54 Å². The van der Waals surface area contributed by atoms with Gasteiger partial charge in [0.05, 0.1) is 6.54 Å². The van der Waals surface area contributed by atoms with Gasteiger partial charge >= 0.3 is 0 Å². The average molecular weight is 217 g/mol. The Kier molecular flexibility index (Phi) is 4.94. The maximum atomic E-state index is 10.0. The van der Waals surface area contributed by atoms with Gasteiger partial charge in [0.1, 0.15) is 0 Å². The van der Waals surface area contributed by atoms with Crippen molar-refractivity contribution >= 4 is 6.08 Å². The lowest BCUT2D eigenvalue weighted by molar-refractivity contribution is 0.561. The lowest BCUT2D eigenvalue weighted by Crippen LogP contribution is -1.98. The van der Waals surface area contributed by atoms with Crippen LogP contribution < -0.4 is 0 Å². The molecule has 2 atom stereocenters.